The van der Waals surface area contributed by atoms with Gasteiger partial charge in [-0.05, 0) is 12.0 Å². The van der Waals surface area contributed by atoms with Crippen LogP contribution in [0.25, 0.3) is 0 Å². The number of carboxylic acids is 1. The summed E-state index contributed by atoms with van der Waals surface area (Å²) in [6, 6.07) is 7.55. The van der Waals surface area contributed by atoms with Gasteiger partial charge in [-0.2, -0.15) is 13.2 Å². The summed E-state index contributed by atoms with van der Waals surface area (Å²) < 4.78 is 36.4. The largest absolute Gasteiger partial charge is 0.481 e. The Morgan fingerprint density at radius 2 is 1.80 bits per heavy atom. The summed E-state index contributed by atoms with van der Waals surface area (Å²) in [6.07, 6.45) is -6.38. The Kier molecular flexibility index (Phi) is 5.54. The molecule has 1 unspecified atom stereocenters. The lowest BCUT2D eigenvalue weighted by molar-refractivity contribution is -0.154. The molecule has 7 heteroatoms. The third-order valence-electron chi connectivity index (χ3n) is 2.55. The molecule has 0 heterocycles. The first-order valence-corrected chi connectivity index (χ1v) is 5.91. The maximum absolute atomic E-state index is 12.1. The summed E-state index contributed by atoms with van der Waals surface area (Å²) in [5.74, 6) is -2.24. The number of halogens is 3. The second-order valence-electron chi connectivity index (χ2n) is 4.26. The number of alkyl halides is 3. The molecule has 1 atom stereocenters. The lowest BCUT2D eigenvalue weighted by atomic mass is 10.0. The van der Waals surface area contributed by atoms with Crippen LogP contribution in [0, 0.1) is 0 Å². The van der Waals surface area contributed by atoms with Crippen molar-refractivity contribution >= 4 is 11.9 Å². The molecular formula is C13H14F3NO3. The van der Waals surface area contributed by atoms with Gasteiger partial charge in [0, 0.05) is 6.42 Å². The normalized spacial score (nSPS) is 12.8. The van der Waals surface area contributed by atoms with Gasteiger partial charge in [0.2, 0.25) is 5.91 Å². The molecule has 1 aromatic rings. The fraction of sp³-hybridized carbons (Fsp3) is 0.385. The number of rotatable bonds is 6. The Labute approximate surface area is 113 Å². The average Bonchev–Trinajstić information content (AvgIpc) is 2.33. The van der Waals surface area contributed by atoms with Gasteiger partial charge in [-0.1, -0.05) is 30.3 Å². The molecule has 4 nitrogen and oxygen atoms in total. The number of amides is 1. The van der Waals surface area contributed by atoms with Crippen LogP contribution in [0.5, 0.6) is 0 Å². The smallest absolute Gasteiger partial charge is 0.397 e. The van der Waals surface area contributed by atoms with Crippen LogP contribution in [0.3, 0.4) is 0 Å². The van der Waals surface area contributed by atoms with Crippen LogP contribution in [-0.2, 0) is 9.59 Å². The van der Waals surface area contributed by atoms with Gasteiger partial charge in [-0.15, -0.1) is 0 Å². The first kappa shape index (κ1) is 16.0. The number of aliphatic carboxylic acids is 1. The minimum Gasteiger partial charge on any atom is -0.481 e. The van der Waals surface area contributed by atoms with Crippen molar-refractivity contribution in [1.82, 2.24) is 5.32 Å². The summed E-state index contributed by atoms with van der Waals surface area (Å²) in [5.41, 5.74) is 0.573. The predicted molar refractivity (Wildman–Crippen MR) is 64.9 cm³/mol. The molecule has 0 spiro atoms. The number of nitrogens with one attached hydrogen (secondary N) is 1. The van der Waals surface area contributed by atoms with E-state index < -0.39 is 30.5 Å². The minimum absolute atomic E-state index is 0.0307. The third kappa shape index (κ3) is 6.21. The molecule has 0 radical (unpaired) electrons. The summed E-state index contributed by atoms with van der Waals surface area (Å²) in [5, 5.41) is 10.9. The topological polar surface area (TPSA) is 66.4 Å². The number of benzene rings is 1. The Balaban J connectivity index is 2.73. The summed E-state index contributed by atoms with van der Waals surface area (Å²) in [4.78, 5) is 21.9. The van der Waals surface area contributed by atoms with Crippen molar-refractivity contribution < 1.29 is 27.9 Å². The molecule has 0 bridgehead atoms. The molecule has 2 N–H and O–H groups in total. The van der Waals surface area contributed by atoms with Gasteiger partial charge < -0.3 is 10.4 Å². The lowest BCUT2D eigenvalue weighted by Gasteiger charge is -2.19. The van der Waals surface area contributed by atoms with E-state index in [2.05, 4.69) is 5.32 Å². The Hall–Kier alpha value is -2.05. The maximum atomic E-state index is 12.1. The molecule has 1 rings (SSSR count). The van der Waals surface area contributed by atoms with Crippen molar-refractivity contribution in [3.63, 3.8) is 0 Å². The second-order valence-corrected chi connectivity index (χ2v) is 4.26. The third-order valence-corrected chi connectivity index (χ3v) is 2.55. The van der Waals surface area contributed by atoms with Gasteiger partial charge in [-0.3, -0.25) is 9.59 Å². The quantitative estimate of drug-likeness (QED) is 0.846. The zero-order valence-corrected chi connectivity index (χ0v) is 10.5. The number of carbonyl (C=O) groups is 2. The van der Waals surface area contributed by atoms with Crippen molar-refractivity contribution in [1.29, 1.82) is 0 Å². The Morgan fingerprint density at radius 3 is 2.30 bits per heavy atom. The van der Waals surface area contributed by atoms with Crippen molar-refractivity contribution in [3.05, 3.63) is 35.9 Å². The van der Waals surface area contributed by atoms with Crippen molar-refractivity contribution in [2.75, 3.05) is 0 Å². The zero-order valence-electron chi connectivity index (χ0n) is 10.5. The molecule has 0 saturated carbocycles. The number of hydrogen-bond donors (Lipinski definition) is 2. The molecule has 1 aromatic carbocycles. The van der Waals surface area contributed by atoms with Crippen LogP contribution < -0.4 is 5.32 Å². The molecule has 0 saturated heterocycles. The summed E-state index contributed by atoms with van der Waals surface area (Å²) >= 11 is 0. The molecule has 20 heavy (non-hydrogen) atoms. The standard InChI is InChI=1S/C13H14F3NO3/c14-13(15,16)8-11(18)17-10(6-7-12(19)20)9-4-2-1-3-5-9/h1-5,10H,6-8H2,(H,17,18)(H,19,20). The van der Waals surface area contributed by atoms with Gasteiger partial charge in [0.1, 0.15) is 6.42 Å². The number of carboxylic acid groups (broad SMARTS) is 1. The van der Waals surface area contributed by atoms with Gasteiger partial charge in [-0.25, -0.2) is 0 Å². The van der Waals surface area contributed by atoms with Crippen LogP contribution in [0.2, 0.25) is 0 Å². The van der Waals surface area contributed by atoms with Gasteiger partial charge in [0.25, 0.3) is 0 Å². The van der Waals surface area contributed by atoms with Crippen molar-refractivity contribution in [2.24, 2.45) is 0 Å². The Morgan fingerprint density at radius 1 is 1.20 bits per heavy atom. The molecule has 0 fully saturated rings. The molecule has 0 aliphatic heterocycles. The fourth-order valence-electron chi connectivity index (χ4n) is 1.70. The molecule has 0 aromatic heterocycles. The molecule has 0 aliphatic rings. The second kappa shape index (κ2) is 6.93. The molecular weight excluding hydrogens is 275 g/mol. The fourth-order valence-corrected chi connectivity index (χ4v) is 1.70. The van der Waals surface area contributed by atoms with Gasteiger partial charge in [0.05, 0.1) is 6.04 Å². The van der Waals surface area contributed by atoms with Gasteiger partial charge in [0.15, 0.2) is 0 Å². The number of carbonyl (C=O) groups excluding carboxylic acids is 1. The minimum atomic E-state index is -4.59. The van der Waals surface area contributed by atoms with E-state index in [0.717, 1.165) is 0 Å². The van der Waals surface area contributed by atoms with E-state index in [4.69, 9.17) is 5.11 Å². The summed E-state index contributed by atoms with van der Waals surface area (Å²) in [6.45, 7) is 0. The van der Waals surface area contributed by atoms with E-state index in [1.165, 1.54) is 0 Å². The highest BCUT2D eigenvalue weighted by atomic mass is 19.4. The SMILES string of the molecule is O=C(O)CCC(NC(=O)CC(F)(F)F)c1ccccc1. The summed E-state index contributed by atoms with van der Waals surface area (Å²) in [7, 11) is 0. The van der Waals surface area contributed by atoms with Crippen molar-refractivity contribution in [2.45, 2.75) is 31.5 Å². The van der Waals surface area contributed by atoms with E-state index in [1.807, 2.05) is 0 Å². The van der Waals surface area contributed by atoms with Crippen LogP contribution in [-0.4, -0.2) is 23.2 Å². The highest BCUT2D eigenvalue weighted by Gasteiger charge is 2.32. The lowest BCUT2D eigenvalue weighted by Crippen LogP contribution is -2.32. The molecule has 1 amide bonds. The van der Waals surface area contributed by atoms with E-state index in [1.54, 1.807) is 30.3 Å². The van der Waals surface area contributed by atoms with Crippen LogP contribution >= 0.6 is 0 Å². The van der Waals surface area contributed by atoms with Crippen LogP contribution in [0.4, 0.5) is 13.2 Å². The van der Waals surface area contributed by atoms with E-state index in [-0.39, 0.29) is 12.8 Å². The number of hydrogen-bond acceptors (Lipinski definition) is 2. The predicted octanol–water partition coefficient (Wildman–Crippen LogP) is 2.66. The first-order valence-electron chi connectivity index (χ1n) is 5.91. The zero-order chi connectivity index (χ0) is 15.2. The monoisotopic (exact) mass is 289 g/mol. The van der Waals surface area contributed by atoms with E-state index in [0.29, 0.717) is 5.56 Å². The van der Waals surface area contributed by atoms with Crippen LogP contribution in [0.15, 0.2) is 30.3 Å². The molecule has 110 valence electrons. The average molecular weight is 289 g/mol. The maximum Gasteiger partial charge on any atom is 0.397 e. The van der Waals surface area contributed by atoms with E-state index in [9.17, 15) is 22.8 Å². The van der Waals surface area contributed by atoms with Crippen molar-refractivity contribution in [3.8, 4) is 0 Å². The molecule has 0 aliphatic carbocycles. The van der Waals surface area contributed by atoms with Gasteiger partial charge >= 0.3 is 12.1 Å². The van der Waals surface area contributed by atoms with E-state index >= 15 is 0 Å². The highest BCUT2D eigenvalue weighted by Crippen LogP contribution is 2.22. The Bertz CT molecular complexity index is 460. The van der Waals surface area contributed by atoms with Crippen LogP contribution in [0.1, 0.15) is 30.9 Å². The first-order chi connectivity index (χ1) is 9.28. The highest BCUT2D eigenvalue weighted by molar-refractivity contribution is 5.77.